The summed E-state index contributed by atoms with van der Waals surface area (Å²) >= 11 is 0. The predicted octanol–water partition coefficient (Wildman–Crippen LogP) is 1.51. The van der Waals surface area contributed by atoms with Crippen LogP contribution >= 0.6 is 0 Å². The molecule has 3 aromatic heterocycles. The second-order valence-corrected chi connectivity index (χ2v) is 9.32. The highest BCUT2D eigenvalue weighted by molar-refractivity contribution is 6.08. The Labute approximate surface area is 221 Å². The number of carbonyl (C=O) groups is 3. The lowest BCUT2D eigenvalue weighted by atomic mass is 9.91. The van der Waals surface area contributed by atoms with E-state index >= 15 is 0 Å². The van der Waals surface area contributed by atoms with Gasteiger partial charge in [-0.05, 0) is 24.3 Å². The van der Waals surface area contributed by atoms with Crippen LogP contribution in [0, 0.1) is 11.8 Å². The molecule has 5 heterocycles. The van der Waals surface area contributed by atoms with Crippen molar-refractivity contribution in [2.75, 3.05) is 34.4 Å². The average Bonchev–Trinajstić information content (AvgIpc) is 3.61. The number of nitrogens with zero attached hydrogens (tertiary/aromatic N) is 4. The topological polar surface area (TPSA) is 158 Å². The van der Waals surface area contributed by atoms with Crippen molar-refractivity contribution in [3.8, 4) is 23.1 Å². The number of aromatic nitrogens is 3. The number of nitrogens with one attached hydrogen (secondary N) is 2. The van der Waals surface area contributed by atoms with Crippen LogP contribution in [0.2, 0.25) is 0 Å². The van der Waals surface area contributed by atoms with E-state index in [-0.39, 0.29) is 36.0 Å². The zero-order valence-corrected chi connectivity index (χ0v) is 21.3. The molecular formula is C26H24N6O7. The fraction of sp³-hybridized carbons (Fsp3) is 0.308. The molecule has 200 valence electrons. The van der Waals surface area contributed by atoms with Crippen LogP contribution in [0.3, 0.4) is 0 Å². The molecule has 1 aliphatic carbocycles. The van der Waals surface area contributed by atoms with Crippen LogP contribution in [-0.4, -0.2) is 72.1 Å². The third kappa shape index (κ3) is 3.93. The van der Waals surface area contributed by atoms with Gasteiger partial charge < -0.3 is 28.8 Å². The summed E-state index contributed by atoms with van der Waals surface area (Å²) in [6.45, 7) is 0.255. The number of carbonyl (C=O) groups excluding carboxylic acids is 3. The molecule has 13 nitrogen and oxygen atoms in total. The van der Waals surface area contributed by atoms with Gasteiger partial charge in [-0.25, -0.2) is 14.8 Å². The Morgan fingerprint density at radius 1 is 1.13 bits per heavy atom. The third-order valence-electron chi connectivity index (χ3n) is 7.12. The summed E-state index contributed by atoms with van der Waals surface area (Å²) in [5.74, 6) is -0.261. The highest BCUT2D eigenvalue weighted by Gasteiger charge is 2.54. The van der Waals surface area contributed by atoms with Crippen molar-refractivity contribution < 1.29 is 33.0 Å². The number of hydrogen-bond donors (Lipinski definition) is 2. The van der Waals surface area contributed by atoms with E-state index in [0.29, 0.717) is 34.7 Å². The highest BCUT2D eigenvalue weighted by atomic mass is 16.5. The summed E-state index contributed by atoms with van der Waals surface area (Å²) in [5, 5.41) is 4.98. The molecule has 3 unspecified atom stereocenters. The number of furan rings is 1. The van der Waals surface area contributed by atoms with E-state index in [1.54, 1.807) is 36.3 Å². The van der Waals surface area contributed by atoms with Crippen LogP contribution in [0.1, 0.15) is 5.76 Å². The van der Waals surface area contributed by atoms with Crippen LogP contribution in [0.15, 0.2) is 52.8 Å². The molecule has 2 aliphatic heterocycles. The van der Waals surface area contributed by atoms with E-state index in [0.717, 1.165) is 0 Å². The highest BCUT2D eigenvalue weighted by Crippen LogP contribution is 2.37. The van der Waals surface area contributed by atoms with Gasteiger partial charge in [-0.3, -0.25) is 14.9 Å². The smallest absolute Gasteiger partial charge is 0.322 e. The van der Waals surface area contributed by atoms with Crippen molar-refractivity contribution in [2.45, 2.75) is 5.54 Å². The summed E-state index contributed by atoms with van der Waals surface area (Å²) in [4.78, 5) is 53.4. The van der Waals surface area contributed by atoms with Crippen molar-refractivity contribution in [1.82, 2.24) is 30.5 Å². The van der Waals surface area contributed by atoms with Crippen molar-refractivity contribution >= 4 is 28.9 Å². The molecule has 4 amide bonds. The van der Waals surface area contributed by atoms with Gasteiger partial charge in [-0.15, -0.1) is 0 Å². The largest absolute Gasteiger partial charge is 0.497 e. The quantitative estimate of drug-likeness (QED) is 0.427. The Bertz CT molecular complexity index is 1580. The maximum absolute atomic E-state index is 13.3. The number of rotatable bonds is 7. The molecule has 39 heavy (non-hydrogen) atoms. The van der Waals surface area contributed by atoms with Crippen LogP contribution in [0.25, 0.3) is 22.4 Å². The molecule has 2 fully saturated rings. The number of likely N-dealkylation sites (tertiary alicyclic amines) is 1. The number of fused-ring (bicyclic) bond motifs is 2. The molecule has 0 spiro atoms. The van der Waals surface area contributed by atoms with Crippen molar-refractivity contribution in [3.05, 3.63) is 54.1 Å². The normalized spacial score (nSPS) is 23.9. The van der Waals surface area contributed by atoms with Gasteiger partial charge in [0.25, 0.3) is 5.91 Å². The minimum Gasteiger partial charge on any atom is -0.497 e. The van der Waals surface area contributed by atoms with E-state index in [1.165, 1.54) is 20.4 Å². The first-order valence-electron chi connectivity index (χ1n) is 12.1. The number of amides is 4. The molecule has 0 radical (unpaired) electrons. The van der Waals surface area contributed by atoms with Gasteiger partial charge in [0.2, 0.25) is 11.8 Å². The summed E-state index contributed by atoms with van der Waals surface area (Å²) < 4.78 is 21.8. The average molecular weight is 533 g/mol. The van der Waals surface area contributed by atoms with Crippen molar-refractivity contribution in [2.24, 2.45) is 11.8 Å². The minimum absolute atomic E-state index is 0.0739. The third-order valence-corrected chi connectivity index (χ3v) is 7.12. The lowest BCUT2D eigenvalue weighted by molar-refractivity contribution is -0.133. The molecule has 0 aromatic carbocycles. The number of imide groups is 1. The first kappa shape index (κ1) is 24.4. The molecule has 3 atom stereocenters. The molecule has 13 heteroatoms. The zero-order valence-electron chi connectivity index (χ0n) is 21.3. The number of urea groups is 1. The number of pyridine rings is 1. The maximum atomic E-state index is 13.3. The van der Waals surface area contributed by atoms with Crippen LogP contribution in [-0.2, 0) is 19.9 Å². The van der Waals surface area contributed by atoms with Gasteiger partial charge in [0.05, 0.1) is 45.0 Å². The van der Waals surface area contributed by atoms with E-state index in [1.807, 2.05) is 12.2 Å². The van der Waals surface area contributed by atoms with Crippen LogP contribution in [0.4, 0.5) is 4.79 Å². The molecule has 3 aromatic rings. The second-order valence-electron chi connectivity index (χ2n) is 9.32. The monoisotopic (exact) mass is 532 g/mol. The van der Waals surface area contributed by atoms with Crippen LogP contribution in [0.5, 0.6) is 11.9 Å². The van der Waals surface area contributed by atoms with Gasteiger partial charge >= 0.3 is 12.0 Å². The van der Waals surface area contributed by atoms with Gasteiger partial charge in [0.15, 0.2) is 11.1 Å². The fourth-order valence-electron chi connectivity index (χ4n) is 5.16. The number of allylic oxidation sites excluding steroid dienone is 1. The molecule has 0 saturated carbocycles. The van der Waals surface area contributed by atoms with E-state index < -0.39 is 23.4 Å². The van der Waals surface area contributed by atoms with Crippen molar-refractivity contribution in [3.63, 3.8) is 0 Å². The van der Waals surface area contributed by atoms with Gasteiger partial charge in [0, 0.05) is 24.7 Å². The second kappa shape index (κ2) is 9.11. The Morgan fingerprint density at radius 3 is 2.69 bits per heavy atom. The number of ether oxygens (including phenoxy) is 3. The lowest BCUT2D eigenvalue weighted by Gasteiger charge is -2.29. The summed E-state index contributed by atoms with van der Waals surface area (Å²) in [7, 11) is 4.47. The Hall–Kier alpha value is -4.94. The van der Waals surface area contributed by atoms with E-state index in [4.69, 9.17) is 18.6 Å². The Balaban J connectivity index is 1.36. The van der Waals surface area contributed by atoms with Gasteiger partial charge in [-0.2, -0.15) is 4.98 Å². The predicted molar refractivity (Wildman–Crippen MR) is 134 cm³/mol. The van der Waals surface area contributed by atoms with Crippen LogP contribution < -0.4 is 20.1 Å². The maximum Gasteiger partial charge on any atom is 0.322 e. The fourth-order valence-corrected chi connectivity index (χ4v) is 5.16. The standard InChI is InChI=1S/C26H24N6O7/c1-36-14-5-4-13-11-32(22(33)15(13)8-14)12-26(23(34)30-24(35)31-26)20-9-18-19(39-20)7-6-17(28-18)16-10-27-25(38-3)29-21(16)37-2/h4-10,13,15H,11-12H2,1-3H3,(H2,30,31,34,35). The van der Waals surface area contributed by atoms with E-state index in [9.17, 15) is 14.4 Å². The molecular weight excluding hydrogens is 508 g/mol. The molecule has 2 N–H and O–H groups in total. The number of hydrogen-bond acceptors (Lipinski definition) is 10. The van der Waals surface area contributed by atoms with Gasteiger partial charge in [-0.1, -0.05) is 6.08 Å². The van der Waals surface area contributed by atoms with Crippen molar-refractivity contribution in [1.29, 1.82) is 0 Å². The Morgan fingerprint density at radius 2 is 1.97 bits per heavy atom. The Kier molecular flexibility index (Phi) is 5.70. The molecule has 6 rings (SSSR count). The van der Waals surface area contributed by atoms with Gasteiger partial charge in [0.1, 0.15) is 17.0 Å². The van der Waals surface area contributed by atoms with E-state index in [2.05, 4.69) is 25.6 Å². The first-order chi connectivity index (χ1) is 18.8. The molecule has 2 saturated heterocycles. The SMILES string of the molecule is COC1=CC2C(=O)N(CC3(c4cc5nc(-c6cnc(OC)nc6OC)ccc5o4)NC(=O)NC3=O)CC2C=C1. The summed E-state index contributed by atoms with van der Waals surface area (Å²) in [6.07, 6.45) is 7.05. The zero-order chi connectivity index (χ0) is 27.3. The first-order valence-corrected chi connectivity index (χ1v) is 12.1. The molecule has 0 bridgehead atoms. The lowest BCUT2D eigenvalue weighted by Crippen LogP contribution is -2.53. The number of methoxy groups -OCH3 is 3. The summed E-state index contributed by atoms with van der Waals surface area (Å²) in [5.41, 5.74) is 0.179. The summed E-state index contributed by atoms with van der Waals surface area (Å²) in [6, 6.07) is 4.43. The minimum atomic E-state index is -1.64. The molecule has 3 aliphatic rings.